The Kier molecular flexibility index (Phi) is 10.2. The maximum absolute atomic E-state index is 13.0. The molecule has 0 atom stereocenters. The third kappa shape index (κ3) is 7.05. The molecule has 214 valence electrons. The molecule has 0 bridgehead atoms. The maximum Gasteiger partial charge on any atom is 0.227 e. The number of nitrogens with zero attached hydrogens (tertiary/aromatic N) is 4. The van der Waals surface area contributed by atoms with Gasteiger partial charge in [-0.15, -0.1) is 5.10 Å². The fourth-order valence-electron chi connectivity index (χ4n) is 4.91. The third-order valence-corrected chi connectivity index (χ3v) is 7.42. The number of hydrogen-bond acceptors (Lipinski definition) is 7. The Bertz CT molecular complexity index is 1440. The normalized spacial score (nSPS) is 12.3. The summed E-state index contributed by atoms with van der Waals surface area (Å²) in [6.07, 6.45) is 0.426. The van der Waals surface area contributed by atoms with Crippen molar-refractivity contribution in [3.05, 3.63) is 89.5 Å². The number of rotatable bonds is 13. The fourth-order valence-corrected chi connectivity index (χ4v) is 5.12. The Morgan fingerprint density at radius 1 is 0.829 bits per heavy atom. The summed E-state index contributed by atoms with van der Waals surface area (Å²) in [6, 6.07) is 24.3. The molecule has 0 spiro atoms. The lowest BCUT2D eigenvalue weighted by molar-refractivity contribution is -0.118. The maximum atomic E-state index is 13.0. The monoisotopic (exact) mass is 572 g/mol. The molecule has 1 amide bonds. The van der Waals surface area contributed by atoms with Gasteiger partial charge in [-0.05, 0) is 22.8 Å². The third-order valence-electron chi connectivity index (χ3n) is 7.06. The van der Waals surface area contributed by atoms with Crippen molar-refractivity contribution >= 4 is 24.2 Å². The first-order valence-corrected chi connectivity index (χ1v) is 14.7. The number of carbonyl (C=O) groups is 1. The van der Waals surface area contributed by atoms with E-state index in [1.54, 1.807) is 0 Å². The van der Waals surface area contributed by atoms with E-state index >= 15 is 0 Å². The summed E-state index contributed by atoms with van der Waals surface area (Å²) in [5.41, 5.74) is 7.87. The Morgan fingerprint density at radius 2 is 1.49 bits per heavy atom. The van der Waals surface area contributed by atoms with Gasteiger partial charge in [0, 0.05) is 23.3 Å². The zero-order chi connectivity index (χ0) is 28.4. The van der Waals surface area contributed by atoms with Gasteiger partial charge in [0.05, 0.1) is 64.1 Å². The van der Waals surface area contributed by atoms with E-state index in [0.29, 0.717) is 59.2 Å². The molecule has 1 aromatic heterocycles. The summed E-state index contributed by atoms with van der Waals surface area (Å²) in [5, 5.41) is 9.09. The van der Waals surface area contributed by atoms with Crippen LogP contribution < -0.4 is 4.90 Å². The molecule has 1 aliphatic rings. The first-order valence-electron chi connectivity index (χ1n) is 14.0. The van der Waals surface area contributed by atoms with Crippen molar-refractivity contribution in [2.45, 2.75) is 38.8 Å². The van der Waals surface area contributed by atoms with Crippen LogP contribution in [0.25, 0.3) is 22.5 Å². The molecule has 0 radical (unpaired) electrons. The fraction of sp³-hybridized carbons (Fsp3) is 0.344. The van der Waals surface area contributed by atoms with Crippen LogP contribution in [0.5, 0.6) is 0 Å². The van der Waals surface area contributed by atoms with E-state index in [1.165, 1.54) is 5.56 Å². The molecule has 5 rings (SSSR count). The Hall–Kier alpha value is -3.50. The predicted molar refractivity (Wildman–Crippen MR) is 163 cm³/mol. The van der Waals surface area contributed by atoms with Gasteiger partial charge in [-0.1, -0.05) is 78.9 Å². The van der Waals surface area contributed by atoms with E-state index in [4.69, 9.17) is 14.2 Å². The van der Waals surface area contributed by atoms with Crippen LogP contribution in [0.15, 0.2) is 72.8 Å². The Morgan fingerprint density at radius 3 is 2.24 bits per heavy atom. The van der Waals surface area contributed by atoms with E-state index < -0.39 is 0 Å². The molecule has 1 aliphatic heterocycles. The minimum Gasteiger partial charge on any atom is -0.377 e. The van der Waals surface area contributed by atoms with E-state index in [2.05, 4.69) is 59.3 Å². The molecule has 0 aliphatic carbocycles. The van der Waals surface area contributed by atoms with Crippen LogP contribution in [0.2, 0.25) is 0 Å². The number of fused-ring (bicyclic) bond motifs is 5. The number of benzene rings is 3. The van der Waals surface area contributed by atoms with Crippen LogP contribution in [0.4, 0.5) is 5.69 Å². The second-order valence-electron chi connectivity index (χ2n) is 9.77. The smallest absolute Gasteiger partial charge is 0.227 e. The summed E-state index contributed by atoms with van der Waals surface area (Å²) in [4.78, 5) is 14.8. The molecule has 0 saturated heterocycles. The molecular formula is C32H36N4O4S. The SMILES string of the molecule is CCC(=O)N1Cc2ccccc2-c2c(nnn2CCOCCOCCOCc2ccc(CS)cc2)-c2ccccc21. The largest absolute Gasteiger partial charge is 0.377 e. The van der Waals surface area contributed by atoms with Gasteiger partial charge in [-0.2, -0.15) is 12.6 Å². The number of carbonyl (C=O) groups excluding carboxylic acids is 1. The molecule has 0 fully saturated rings. The van der Waals surface area contributed by atoms with Crippen molar-refractivity contribution in [2.24, 2.45) is 0 Å². The molecule has 2 heterocycles. The van der Waals surface area contributed by atoms with E-state index in [1.807, 2.05) is 52.9 Å². The van der Waals surface area contributed by atoms with Crippen molar-refractivity contribution in [2.75, 3.05) is 37.9 Å². The van der Waals surface area contributed by atoms with Gasteiger partial charge in [-0.3, -0.25) is 4.79 Å². The quantitative estimate of drug-likeness (QED) is 0.167. The first-order chi connectivity index (χ1) is 20.2. The Balaban J connectivity index is 1.15. The van der Waals surface area contributed by atoms with Crippen molar-refractivity contribution in [3.8, 4) is 22.5 Å². The van der Waals surface area contributed by atoms with Crippen LogP contribution in [0.1, 0.15) is 30.0 Å². The van der Waals surface area contributed by atoms with Gasteiger partial charge >= 0.3 is 0 Å². The highest BCUT2D eigenvalue weighted by molar-refractivity contribution is 7.79. The number of amides is 1. The summed E-state index contributed by atoms with van der Waals surface area (Å²) < 4.78 is 19.1. The summed E-state index contributed by atoms with van der Waals surface area (Å²) in [5.74, 6) is 0.811. The number of aromatic nitrogens is 3. The van der Waals surface area contributed by atoms with Gasteiger partial charge in [0.15, 0.2) is 0 Å². The Labute approximate surface area is 246 Å². The zero-order valence-corrected chi connectivity index (χ0v) is 24.3. The van der Waals surface area contributed by atoms with Crippen molar-refractivity contribution in [1.29, 1.82) is 0 Å². The number of para-hydroxylation sites is 1. The molecule has 41 heavy (non-hydrogen) atoms. The van der Waals surface area contributed by atoms with Crippen LogP contribution >= 0.6 is 12.6 Å². The standard InChI is InChI=1S/C32H36N4O4S/c1-2-30(37)35-21-26-7-3-4-8-27(26)32-31(28-9-5-6-10-29(28)35)33-34-36(32)15-16-38-17-18-39-19-20-40-22-24-11-13-25(23-41)14-12-24/h3-14,41H,2,15-23H2,1H3. The van der Waals surface area contributed by atoms with Gasteiger partial charge in [0.2, 0.25) is 5.91 Å². The lowest BCUT2D eigenvalue weighted by atomic mass is 9.95. The van der Waals surface area contributed by atoms with E-state index in [0.717, 1.165) is 45.1 Å². The predicted octanol–water partition coefficient (Wildman–Crippen LogP) is 5.55. The minimum absolute atomic E-state index is 0.0736. The molecule has 0 unspecified atom stereocenters. The van der Waals surface area contributed by atoms with Crippen molar-refractivity contribution < 1.29 is 19.0 Å². The molecule has 0 saturated carbocycles. The average molecular weight is 573 g/mol. The lowest BCUT2D eigenvalue weighted by Gasteiger charge is -2.28. The molecule has 8 nitrogen and oxygen atoms in total. The first kappa shape index (κ1) is 29.0. The van der Waals surface area contributed by atoms with Gasteiger partial charge in [0.1, 0.15) is 5.69 Å². The number of thiol groups is 1. The average Bonchev–Trinajstić information content (AvgIpc) is 3.43. The highest BCUT2D eigenvalue weighted by atomic mass is 32.1. The summed E-state index contributed by atoms with van der Waals surface area (Å²) in [7, 11) is 0. The molecule has 0 N–H and O–H groups in total. The van der Waals surface area contributed by atoms with Gasteiger partial charge in [-0.25, -0.2) is 4.68 Å². The molecule has 9 heteroatoms. The highest BCUT2D eigenvalue weighted by Crippen LogP contribution is 2.41. The molecular weight excluding hydrogens is 536 g/mol. The highest BCUT2D eigenvalue weighted by Gasteiger charge is 2.28. The number of ether oxygens (including phenoxy) is 3. The van der Waals surface area contributed by atoms with Gasteiger partial charge < -0.3 is 19.1 Å². The second kappa shape index (κ2) is 14.4. The minimum atomic E-state index is 0.0736. The molecule has 3 aromatic carbocycles. The van der Waals surface area contributed by atoms with Crippen LogP contribution in [0, 0.1) is 0 Å². The second-order valence-corrected chi connectivity index (χ2v) is 10.1. The number of anilines is 1. The lowest BCUT2D eigenvalue weighted by Crippen LogP contribution is -2.31. The van der Waals surface area contributed by atoms with Crippen molar-refractivity contribution in [3.63, 3.8) is 0 Å². The topological polar surface area (TPSA) is 78.7 Å². The number of hydrogen-bond donors (Lipinski definition) is 1. The zero-order valence-electron chi connectivity index (χ0n) is 23.4. The van der Waals surface area contributed by atoms with Gasteiger partial charge in [0.25, 0.3) is 0 Å². The van der Waals surface area contributed by atoms with Crippen LogP contribution in [-0.4, -0.2) is 53.9 Å². The van der Waals surface area contributed by atoms with E-state index in [9.17, 15) is 4.79 Å². The van der Waals surface area contributed by atoms with Crippen LogP contribution in [-0.2, 0) is 44.5 Å². The summed E-state index contributed by atoms with van der Waals surface area (Å²) >= 11 is 4.28. The van der Waals surface area contributed by atoms with E-state index in [-0.39, 0.29) is 5.91 Å². The van der Waals surface area contributed by atoms with Crippen molar-refractivity contribution in [1.82, 2.24) is 15.0 Å². The van der Waals surface area contributed by atoms with Crippen LogP contribution in [0.3, 0.4) is 0 Å². The summed E-state index contributed by atoms with van der Waals surface area (Å²) in [6.45, 7) is 5.99. The molecule has 4 aromatic rings.